The number of hydrogen-bond donors (Lipinski definition) is 0. The van der Waals surface area contributed by atoms with Crippen molar-refractivity contribution in [3.8, 4) is 0 Å². The van der Waals surface area contributed by atoms with E-state index in [0.717, 1.165) is 12.8 Å². The van der Waals surface area contributed by atoms with Gasteiger partial charge in [-0.1, -0.05) is 150 Å². The van der Waals surface area contributed by atoms with Crippen LogP contribution < -0.4 is 31.1 Å². The Labute approximate surface area is 352 Å². The molecular formula is C55H56BN3. The van der Waals surface area contributed by atoms with Gasteiger partial charge in [0.05, 0.1) is 11.1 Å². The fourth-order valence-electron chi connectivity index (χ4n) is 13.8. The van der Waals surface area contributed by atoms with Crippen LogP contribution in [0.5, 0.6) is 0 Å². The summed E-state index contributed by atoms with van der Waals surface area (Å²) in [5.41, 5.74) is 19.5. The summed E-state index contributed by atoms with van der Waals surface area (Å²) in [5, 5.41) is 0. The van der Waals surface area contributed by atoms with Crippen molar-refractivity contribution >= 4 is 62.9 Å². The third kappa shape index (κ3) is 4.36. The van der Waals surface area contributed by atoms with Crippen molar-refractivity contribution in [2.75, 3.05) is 14.7 Å². The molecule has 4 heteroatoms. The summed E-state index contributed by atoms with van der Waals surface area (Å²) >= 11 is 0. The summed E-state index contributed by atoms with van der Waals surface area (Å²) in [6, 6.07) is 52.3. The van der Waals surface area contributed by atoms with Gasteiger partial charge in [0.25, 0.3) is 6.71 Å². The normalized spacial score (nSPS) is 27.1. The van der Waals surface area contributed by atoms with E-state index < -0.39 is 0 Å². The largest absolute Gasteiger partial charge is 0.335 e. The molecule has 0 spiro atoms. The number of para-hydroxylation sites is 3. The van der Waals surface area contributed by atoms with Crippen LogP contribution in [-0.2, 0) is 16.2 Å². The molecule has 0 radical (unpaired) electrons. The highest BCUT2D eigenvalue weighted by atomic mass is 15.3. The number of rotatable bonds is 3. The Morgan fingerprint density at radius 3 is 1.95 bits per heavy atom. The van der Waals surface area contributed by atoms with Gasteiger partial charge in [0.15, 0.2) is 0 Å². The minimum atomic E-state index is -0.148. The van der Waals surface area contributed by atoms with E-state index in [4.69, 9.17) is 0 Å². The smallest absolute Gasteiger partial charge is 0.252 e. The van der Waals surface area contributed by atoms with Crippen LogP contribution in [0.3, 0.4) is 0 Å². The Morgan fingerprint density at radius 1 is 0.508 bits per heavy atom. The second kappa shape index (κ2) is 12.0. The lowest BCUT2D eigenvalue weighted by Gasteiger charge is -2.54. The summed E-state index contributed by atoms with van der Waals surface area (Å²) in [6.07, 6.45) is 9.71. The van der Waals surface area contributed by atoms with E-state index in [-0.39, 0.29) is 34.0 Å². The van der Waals surface area contributed by atoms with Gasteiger partial charge in [0.2, 0.25) is 0 Å². The molecule has 294 valence electrons. The van der Waals surface area contributed by atoms with E-state index in [9.17, 15) is 0 Å². The zero-order valence-corrected chi connectivity index (χ0v) is 35.8. The molecule has 0 aromatic heterocycles. The van der Waals surface area contributed by atoms with E-state index in [1.54, 1.807) is 0 Å². The van der Waals surface area contributed by atoms with E-state index >= 15 is 0 Å². The highest BCUT2D eigenvalue weighted by Gasteiger charge is 2.64. The highest BCUT2D eigenvalue weighted by Crippen LogP contribution is 2.66. The molecule has 2 fully saturated rings. The SMILES string of the molecule is CC(C)(C)c1ccc2c(c1)C1(C)CCCCC1(C)N2c1cc2c3c(c1)N1c4c(cccc4C4(c5ccccc5)CCCCC14C)B3c1ccccc1N2c1ccccc1. The van der Waals surface area contributed by atoms with Crippen molar-refractivity contribution in [3.63, 3.8) is 0 Å². The van der Waals surface area contributed by atoms with Crippen LogP contribution in [0, 0.1) is 0 Å². The molecule has 3 nitrogen and oxygen atoms in total. The standard InChI is InChI=1S/C55H56BN3/c1-51(2,3)38-28-29-45-42(34-38)52(4)30-15-16-31-53(52,5)58(45)40-35-47-49-48(36-40)59-50-41(55(37-20-9-7-10-21-37)33-18-17-32-54(55,59)6)24-19-26-44(50)56(49)43-25-13-14-27-46(43)57(47)39-22-11-8-12-23-39/h7-14,19-29,34-36H,15-18,30-33H2,1-6H3. The molecule has 0 N–H and O–H groups in total. The molecule has 6 aliphatic rings. The predicted octanol–water partition coefficient (Wildman–Crippen LogP) is 12.1. The Kier molecular flexibility index (Phi) is 7.24. The first-order valence-corrected chi connectivity index (χ1v) is 22.6. The molecule has 4 unspecified atom stereocenters. The highest BCUT2D eigenvalue weighted by molar-refractivity contribution is 7.00. The average molecular weight is 770 g/mol. The lowest BCUT2D eigenvalue weighted by molar-refractivity contribution is 0.194. The molecule has 2 saturated carbocycles. The quantitative estimate of drug-likeness (QED) is 0.166. The molecule has 59 heavy (non-hydrogen) atoms. The minimum Gasteiger partial charge on any atom is -0.335 e. The maximum Gasteiger partial charge on any atom is 0.252 e. The first kappa shape index (κ1) is 35.7. The fourth-order valence-corrected chi connectivity index (χ4v) is 13.8. The van der Waals surface area contributed by atoms with Crippen LogP contribution >= 0.6 is 0 Å². The molecular weight excluding hydrogens is 713 g/mol. The fraction of sp³-hybridized carbons (Fsp3) is 0.345. The number of anilines is 7. The average Bonchev–Trinajstić information content (AvgIpc) is 3.62. The lowest BCUT2D eigenvalue weighted by atomic mass is 9.33. The molecule has 12 rings (SSSR count). The topological polar surface area (TPSA) is 9.72 Å². The van der Waals surface area contributed by atoms with Crippen LogP contribution in [-0.4, -0.2) is 17.8 Å². The van der Waals surface area contributed by atoms with Crippen LogP contribution in [0.15, 0.2) is 133 Å². The van der Waals surface area contributed by atoms with Crippen molar-refractivity contribution in [1.82, 2.24) is 0 Å². The van der Waals surface area contributed by atoms with Crippen LogP contribution in [0.4, 0.5) is 39.8 Å². The van der Waals surface area contributed by atoms with Crippen LogP contribution in [0.2, 0.25) is 0 Å². The van der Waals surface area contributed by atoms with Crippen LogP contribution in [0.1, 0.15) is 115 Å². The van der Waals surface area contributed by atoms with Gasteiger partial charge >= 0.3 is 0 Å². The molecule has 4 aliphatic heterocycles. The van der Waals surface area contributed by atoms with Crippen molar-refractivity contribution < 1.29 is 0 Å². The first-order valence-electron chi connectivity index (χ1n) is 22.6. The molecule has 6 aromatic rings. The molecule has 4 heterocycles. The number of nitrogens with zero attached hydrogens (tertiary/aromatic N) is 3. The van der Waals surface area contributed by atoms with Gasteiger partial charge < -0.3 is 14.7 Å². The monoisotopic (exact) mass is 769 g/mol. The lowest BCUT2D eigenvalue weighted by Crippen LogP contribution is -2.65. The number of fused-ring (bicyclic) bond motifs is 10. The van der Waals surface area contributed by atoms with Gasteiger partial charge in [0.1, 0.15) is 0 Å². The molecule has 2 aliphatic carbocycles. The van der Waals surface area contributed by atoms with Crippen LogP contribution in [0.25, 0.3) is 0 Å². The Balaban J connectivity index is 1.20. The zero-order chi connectivity index (χ0) is 40.1. The summed E-state index contributed by atoms with van der Waals surface area (Å²) in [7, 11) is 0. The van der Waals surface area contributed by atoms with Crippen molar-refractivity contribution in [1.29, 1.82) is 0 Å². The third-order valence-corrected chi connectivity index (χ3v) is 16.8. The summed E-state index contributed by atoms with van der Waals surface area (Å²) in [4.78, 5) is 8.37. The predicted molar refractivity (Wildman–Crippen MR) is 250 cm³/mol. The second-order valence-electron chi connectivity index (χ2n) is 20.5. The van der Waals surface area contributed by atoms with Gasteiger partial charge in [0, 0.05) is 50.6 Å². The van der Waals surface area contributed by atoms with Gasteiger partial charge in [-0.2, -0.15) is 0 Å². The molecule has 6 aromatic carbocycles. The Bertz CT molecular complexity index is 2700. The van der Waals surface area contributed by atoms with E-state index in [1.165, 1.54) is 117 Å². The van der Waals surface area contributed by atoms with Gasteiger partial charge in [-0.15, -0.1) is 0 Å². The number of benzene rings is 6. The second-order valence-corrected chi connectivity index (χ2v) is 20.5. The summed E-state index contributed by atoms with van der Waals surface area (Å²) < 4.78 is 0. The maximum atomic E-state index is 2.92. The maximum absolute atomic E-state index is 2.92. The zero-order valence-electron chi connectivity index (χ0n) is 35.8. The summed E-state index contributed by atoms with van der Waals surface area (Å²) in [5.74, 6) is 0. The van der Waals surface area contributed by atoms with Crippen molar-refractivity contribution in [2.45, 2.75) is 120 Å². The minimum absolute atomic E-state index is 0.0362. The van der Waals surface area contributed by atoms with Crippen molar-refractivity contribution in [3.05, 3.63) is 156 Å². The summed E-state index contributed by atoms with van der Waals surface area (Å²) in [6.45, 7) is 15.1. The Morgan fingerprint density at radius 2 is 1.17 bits per heavy atom. The van der Waals surface area contributed by atoms with Crippen molar-refractivity contribution in [2.24, 2.45) is 0 Å². The van der Waals surface area contributed by atoms with E-state index in [2.05, 4.69) is 190 Å². The first-order chi connectivity index (χ1) is 28.5. The molecule has 4 atom stereocenters. The van der Waals surface area contributed by atoms with Gasteiger partial charge in [-0.25, -0.2) is 0 Å². The Hall–Kier alpha value is -5.22. The molecule has 0 amide bonds. The van der Waals surface area contributed by atoms with E-state index in [1.807, 2.05) is 0 Å². The molecule has 0 bridgehead atoms. The third-order valence-electron chi connectivity index (χ3n) is 16.8. The number of hydrogen-bond acceptors (Lipinski definition) is 3. The van der Waals surface area contributed by atoms with Gasteiger partial charge in [-0.3, -0.25) is 0 Å². The van der Waals surface area contributed by atoms with E-state index in [0.29, 0.717) is 0 Å². The molecule has 0 saturated heterocycles. The van der Waals surface area contributed by atoms with Gasteiger partial charge in [-0.05, 0) is 120 Å².